The molecular formula is C32H36N4O5. The number of fused-ring (bicyclic) bond motifs is 2. The number of nitrogens with zero attached hydrogens (tertiary/aromatic N) is 3. The van der Waals surface area contributed by atoms with Crippen molar-refractivity contribution >= 4 is 29.7 Å². The van der Waals surface area contributed by atoms with Gasteiger partial charge in [0.05, 0.1) is 25.3 Å². The van der Waals surface area contributed by atoms with Crippen LogP contribution in [0.5, 0.6) is 0 Å². The van der Waals surface area contributed by atoms with E-state index in [-0.39, 0.29) is 54.9 Å². The lowest BCUT2D eigenvalue weighted by Crippen LogP contribution is -2.52. The molecule has 0 saturated heterocycles. The van der Waals surface area contributed by atoms with E-state index < -0.39 is 5.97 Å². The van der Waals surface area contributed by atoms with E-state index in [4.69, 9.17) is 4.74 Å². The average Bonchev–Trinajstić information content (AvgIpc) is 3.71. The van der Waals surface area contributed by atoms with E-state index in [9.17, 15) is 19.5 Å². The highest BCUT2D eigenvalue weighted by Crippen LogP contribution is 2.53. The fraction of sp³-hybridized carbons (Fsp3) is 0.438. The number of nitrogens with one attached hydrogen (secondary N) is 1. The monoisotopic (exact) mass is 556 g/mol. The van der Waals surface area contributed by atoms with E-state index in [1.807, 2.05) is 65.3 Å². The number of anilines is 1. The molecule has 41 heavy (non-hydrogen) atoms. The molecule has 2 aromatic carbocycles. The molecule has 0 bridgehead atoms. The Morgan fingerprint density at radius 2 is 1.83 bits per heavy atom. The second kappa shape index (κ2) is 11.4. The smallest absolute Gasteiger partial charge is 0.303 e. The third kappa shape index (κ3) is 5.33. The van der Waals surface area contributed by atoms with Gasteiger partial charge in [0.15, 0.2) is 5.76 Å². The summed E-state index contributed by atoms with van der Waals surface area (Å²) in [5, 5.41) is 12.4. The van der Waals surface area contributed by atoms with Crippen molar-refractivity contribution in [3.05, 3.63) is 77.2 Å². The lowest BCUT2D eigenvalue weighted by Gasteiger charge is -2.48. The molecule has 6 rings (SSSR count). The first-order valence-electron chi connectivity index (χ1n) is 14.6. The molecule has 2 saturated carbocycles. The molecule has 2 N–H and O–H groups in total. The summed E-state index contributed by atoms with van der Waals surface area (Å²) in [6.07, 6.45) is 7.75. The van der Waals surface area contributed by atoms with E-state index >= 15 is 0 Å². The summed E-state index contributed by atoms with van der Waals surface area (Å²) in [5.41, 5.74) is 3.38. The number of allylic oxidation sites excluding steroid dienone is 1. The number of carbonyl (C=O) groups is 3. The lowest BCUT2D eigenvalue weighted by atomic mass is 9.81. The molecule has 0 radical (unpaired) electrons. The van der Waals surface area contributed by atoms with Gasteiger partial charge in [0.1, 0.15) is 6.17 Å². The van der Waals surface area contributed by atoms with Gasteiger partial charge >= 0.3 is 5.97 Å². The number of rotatable bonds is 9. The summed E-state index contributed by atoms with van der Waals surface area (Å²) in [6.45, 7) is 2.50. The zero-order valence-corrected chi connectivity index (χ0v) is 23.2. The Balaban J connectivity index is 1.28. The van der Waals surface area contributed by atoms with Crippen LogP contribution in [0, 0.1) is 5.92 Å². The average molecular weight is 557 g/mol. The van der Waals surface area contributed by atoms with Crippen LogP contribution in [0.3, 0.4) is 0 Å². The van der Waals surface area contributed by atoms with Crippen LogP contribution in [0.15, 0.2) is 65.5 Å². The number of hydrogen-bond donors (Lipinski definition) is 2. The molecule has 0 aromatic heterocycles. The number of aliphatic imine (C=N–C) groups is 1. The van der Waals surface area contributed by atoms with Crippen LogP contribution in [-0.4, -0.2) is 52.7 Å². The van der Waals surface area contributed by atoms with Gasteiger partial charge in [-0.1, -0.05) is 36.8 Å². The molecule has 2 amide bonds. The number of carbonyl (C=O) groups excluding carboxylic acids is 2. The van der Waals surface area contributed by atoms with Crippen LogP contribution < -0.4 is 10.2 Å². The predicted molar refractivity (Wildman–Crippen MR) is 154 cm³/mol. The van der Waals surface area contributed by atoms with Crippen molar-refractivity contribution in [1.82, 2.24) is 10.2 Å². The van der Waals surface area contributed by atoms with E-state index in [2.05, 4.69) is 10.3 Å². The highest BCUT2D eigenvalue weighted by molar-refractivity contribution is 6.07. The summed E-state index contributed by atoms with van der Waals surface area (Å²) in [7, 11) is 0. The second-order valence-electron chi connectivity index (χ2n) is 11.2. The maximum atomic E-state index is 14.2. The van der Waals surface area contributed by atoms with Gasteiger partial charge in [-0.05, 0) is 61.9 Å². The van der Waals surface area contributed by atoms with E-state index in [1.54, 1.807) is 12.4 Å². The number of amides is 2. The van der Waals surface area contributed by atoms with E-state index in [0.717, 1.165) is 48.9 Å². The second-order valence-corrected chi connectivity index (χ2v) is 11.2. The van der Waals surface area contributed by atoms with Crippen molar-refractivity contribution in [3.63, 3.8) is 0 Å². The van der Waals surface area contributed by atoms with Crippen LogP contribution in [0.4, 0.5) is 5.69 Å². The molecule has 214 valence electrons. The Kier molecular flexibility index (Phi) is 7.51. The molecule has 2 fully saturated rings. The van der Waals surface area contributed by atoms with Crippen LogP contribution in [0.25, 0.3) is 0 Å². The first-order valence-corrected chi connectivity index (χ1v) is 14.6. The number of aliphatic carboxylic acids is 1. The van der Waals surface area contributed by atoms with Gasteiger partial charge in [0.25, 0.3) is 5.91 Å². The molecule has 2 aliphatic carbocycles. The molecule has 0 spiro atoms. The van der Waals surface area contributed by atoms with Gasteiger partial charge in [-0.2, -0.15) is 0 Å². The minimum Gasteiger partial charge on any atom is -0.491 e. The SMILES string of the molecule is CCOC1=CNC(c2ccc(C(=O)N3c4ccccc4C(N(C(=O)CCC(=O)O)C4CC4)C4CCCC43)cc2)N=C1. The molecular weight excluding hydrogens is 520 g/mol. The van der Waals surface area contributed by atoms with Crippen molar-refractivity contribution in [2.24, 2.45) is 10.9 Å². The van der Waals surface area contributed by atoms with Gasteiger partial charge in [-0.15, -0.1) is 0 Å². The van der Waals surface area contributed by atoms with Gasteiger partial charge in [-0.3, -0.25) is 19.4 Å². The number of carboxylic acids is 1. The van der Waals surface area contributed by atoms with Crippen molar-refractivity contribution in [2.45, 2.75) is 76.2 Å². The first kappa shape index (κ1) is 27.1. The van der Waals surface area contributed by atoms with Crippen molar-refractivity contribution in [3.8, 4) is 0 Å². The molecule has 9 nitrogen and oxygen atoms in total. The highest BCUT2D eigenvalue weighted by Gasteiger charge is 2.51. The van der Waals surface area contributed by atoms with Gasteiger partial charge < -0.3 is 25.0 Å². The van der Waals surface area contributed by atoms with Gasteiger partial charge in [0.2, 0.25) is 5.91 Å². The standard InChI is InChI=1S/C32H36N4O5/c1-2-41-23-18-33-31(34-19-23)20-10-12-21(13-11-20)32(40)36-26-8-4-3-6-24(26)30(25-7-5-9-27(25)36)35(22-14-15-22)28(37)16-17-29(38)39/h3-4,6,8,10-13,18-19,22,25,27,30-31,33H,2,5,7,9,14-17H2,1H3,(H,38,39). The fourth-order valence-electron chi connectivity index (χ4n) is 6.69. The highest BCUT2D eigenvalue weighted by atomic mass is 16.5. The summed E-state index contributed by atoms with van der Waals surface area (Å²) >= 11 is 0. The largest absolute Gasteiger partial charge is 0.491 e. The lowest BCUT2D eigenvalue weighted by molar-refractivity contribution is -0.142. The Morgan fingerprint density at radius 3 is 2.51 bits per heavy atom. The summed E-state index contributed by atoms with van der Waals surface area (Å²) in [4.78, 5) is 47.3. The summed E-state index contributed by atoms with van der Waals surface area (Å²) < 4.78 is 5.47. The van der Waals surface area contributed by atoms with Crippen LogP contribution >= 0.6 is 0 Å². The number of hydrogen-bond acceptors (Lipinski definition) is 6. The third-order valence-corrected chi connectivity index (χ3v) is 8.60. The van der Waals surface area contributed by atoms with Crippen LogP contribution in [0.2, 0.25) is 0 Å². The quantitative estimate of drug-likeness (QED) is 0.452. The first-order chi connectivity index (χ1) is 20.0. The van der Waals surface area contributed by atoms with Gasteiger partial charge in [-0.25, -0.2) is 0 Å². The zero-order chi connectivity index (χ0) is 28.5. The Labute approximate surface area is 239 Å². The molecule has 4 unspecified atom stereocenters. The maximum Gasteiger partial charge on any atom is 0.303 e. The normalized spacial score (nSPS) is 24.5. The third-order valence-electron chi connectivity index (χ3n) is 8.60. The number of carboxylic acid groups (broad SMARTS) is 1. The Hall–Kier alpha value is -4.14. The molecule has 2 heterocycles. The molecule has 2 aromatic rings. The minimum atomic E-state index is -0.961. The van der Waals surface area contributed by atoms with Crippen molar-refractivity contribution < 1.29 is 24.2 Å². The Bertz CT molecular complexity index is 1380. The molecule has 2 aliphatic heterocycles. The van der Waals surface area contributed by atoms with Crippen LogP contribution in [0.1, 0.15) is 85.6 Å². The summed E-state index contributed by atoms with van der Waals surface area (Å²) in [5.74, 6) is -0.314. The maximum absolute atomic E-state index is 14.2. The zero-order valence-electron chi connectivity index (χ0n) is 23.2. The minimum absolute atomic E-state index is 0.000487. The number of ether oxygens (including phenoxy) is 1. The topological polar surface area (TPSA) is 112 Å². The van der Waals surface area contributed by atoms with Crippen LogP contribution in [-0.2, 0) is 14.3 Å². The van der Waals surface area contributed by atoms with E-state index in [1.165, 1.54) is 0 Å². The number of para-hydroxylation sites is 1. The Morgan fingerprint density at radius 1 is 1.05 bits per heavy atom. The van der Waals surface area contributed by atoms with Gasteiger partial charge in [0, 0.05) is 41.9 Å². The molecule has 9 heteroatoms. The van der Waals surface area contributed by atoms with Crippen molar-refractivity contribution in [2.75, 3.05) is 11.5 Å². The molecule has 4 aliphatic rings. The predicted octanol–water partition coefficient (Wildman–Crippen LogP) is 4.96. The summed E-state index contributed by atoms with van der Waals surface area (Å²) in [6, 6.07) is 15.5. The molecule has 4 atom stereocenters. The number of benzene rings is 2. The van der Waals surface area contributed by atoms with E-state index in [0.29, 0.717) is 17.9 Å². The van der Waals surface area contributed by atoms with Crippen molar-refractivity contribution in [1.29, 1.82) is 0 Å². The fourth-order valence-corrected chi connectivity index (χ4v) is 6.69.